The number of rotatable bonds is 2. The lowest BCUT2D eigenvalue weighted by Gasteiger charge is -2.30. The molecule has 3 heteroatoms. The van der Waals surface area contributed by atoms with E-state index in [1.807, 2.05) is 18.7 Å². The number of fused-ring (bicyclic) bond motifs is 1. The van der Waals surface area contributed by atoms with E-state index in [2.05, 4.69) is 0 Å². The van der Waals surface area contributed by atoms with Gasteiger partial charge in [-0.15, -0.1) is 0 Å². The predicted molar refractivity (Wildman–Crippen MR) is 62.9 cm³/mol. The van der Waals surface area contributed by atoms with E-state index in [9.17, 15) is 9.90 Å². The number of amides is 1. The van der Waals surface area contributed by atoms with Crippen molar-refractivity contribution in [1.82, 2.24) is 4.90 Å². The molecule has 90 valence electrons. The Balaban J connectivity index is 2.15. The topological polar surface area (TPSA) is 40.5 Å². The monoisotopic (exact) mass is 223 g/mol. The molecule has 2 atom stereocenters. The van der Waals surface area contributed by atoms with Crippen molar-refractivity contribution in [3.05, 3.63) is 11.6 Å². The summed E-state index contributed by atoms with van der Waals surface area (Å²) in [5, 5.41) is 9.56. The van der Waals surface area contributed by atoms with E-state index in [0.717, 1.165) is 37.8 Å². The number of hydrogen-bond acceptors (Lipinski definition) is 2. The van der Waals surface area contributed by atoms with Crippen LogP contribution in [0.4, 0.5) is 0 Å². The molecule has 0 spiro atoms. The minimum atomic E-state index is 0.0190. The van der Waals surface area contributed by atoms with Crippen LogP contribution in [0.3, 0.4) is 0 Å². The van der Waals surface area contributed by atoms with E-state index < -0.39 is 0 Å². The van der Waals surface area contributed by atoms with Crippen molar-refractivity contribution in [3.63, 3.8) is 0 Å². The molecule has 0 unspecified atom stereocenters. The molecule has 1 heterocycles. The van der Waals surface area contributed by atoms with Gasteiger partial charge in [0.1, 0.15) is 0 Å². The Hall–Kier alpha value is -0.830. The smallest absolute Gasteiger partial charge is 0.246 e. The van der Waals surface area contributed by atoms with Crippen LogP contribution in [-0.2, 0) is 4.79 Å². The maximum absolute atomic E-state index is 12.0. The van der Waals surface area contributed by atoms with Gasteiger partial charge in [-0.2, -0.15) is 0 Å². The van der Waals surface area contributed by atoms with Gasteiger partial charge in [0.25, 0.3) is 0 Å². The van der Waals surface area contributed by atoms with Crippen LogP contribution in [0.5, 0.6) is 0 Å². The van der Waals surface area contributed by atoms with Crippen molar-refractivity contribution in [3.8, 4) is 0 Å². The molecule has 1 amide bonds. The number of allylic oxidation sites excluding steroid dienone is 1. The molecule has 0 aromatic heterocycles. The van der Waals surface area contributed by atoms with Crippen LogP contribution in [0.1, 0.15) is 39.5 Å². The van der Waals surface area contributed by atoms with Gasteiger partial charge in [0.15, 0.2) is 0 Å². The summed E-state index contributed by atoms with van der Waals surface area (Å²) >= 11 is 0. The van der Waals surface area contributed by atoms with Crippen LogP contribution in [0.15, 0.2) is 11.6 Å². The number of nitrogens with zero attached hydrogens (tertiary/aromatic N) is 1. The summed E-state index contributed by atoms with van der Waals surface area (Å²) in [7, 11) is 0. The fourth-order valence-electron chi connectivity index (χ4n) is 3.25. The van der Waals surface area contributed by atoms with Crippen molar-refractivity contribution >= 4 is 5.91 Å². The molecule has 1 aliphatic carbocycles. The number of carbonyl (C=O) groups excluding carboxylic acids is 1. The zero-order chi connectivity index (χ0) is 11.8. The highest BCUT2D eigenvalue weighted by atomic mass is 16.3. The Morgan fingerprint density at radius 1 is 1.50 bits per heavy atom. The molecule has 1 aliphatic heterocycles. The molecule has 0 radical (unpaired) electrons. The van der Waals surface area contributed by atoms with Crippen molar-refractivity contribution in [2.24, 2.45) is 5.41 Å². The van der Waals surface area contributed by atoms with Gasteiger partial charge in [0.2, 0.25) is 5.91 Å². The van der Waals surface area contributed by atoms with E-state index in [1.165, 1.54) is 0 Å². The summed E-state index contributed by atoms with van der Waals surface area (Å²) in [5.74, 6) is 0.127. The molecule has 2 aliphatic rings. The van der Waals surface area contributed by atoms with Crippen LogP contribution in [0.25, 0.3) is 0 Å². The summed E-state index contributed by atoms with van der Waals surface area (Å²) in [4.78, 5) is 14.0. The zero-order valence-corrected chi connectivity index (χ0v) is 10.2. The Morgan fingerprint density at radius 2 is 2.25 bits per heavy atom. The molecule has 0 aromatic carbocycles. The van der Waals surface area contributed by atoms with Crippen LogP contribution in [0, 0.1) is 5.41 Å². The molecule has 1 saturated heterocycles. The number of likely N-dealkylation sites (tertiary alicyclic amines) is 1. The fraction of sp³-hybridized carbons (Fsp3) is 0.769. The quantitative estimate of drug-likeness (QED) is 0.724. The fourth-order valence-corrected chi connectivity index (χ4v) is 3.25. The largest absolute Gasteiger partial charge is 0.396 e. The maximum atomic E-state index is 12.0. The van der Waals surface area contributed by atoms with E-state index in [-0.39, 0.29) is 24.0 Å². The van der Waals surface area contributed by atoms with Crippen molar-refractivity contribution in [2.75, 3.05) is 13.2 Å². The molecular formula is C13H21NO2. The highest BCUT2D eigenvalue weighted by Gasteiger charge is 2.50. The van der Waals surface area contributed by atoms with Crippen molar-refractivity contribution in [2.45, 2.75) is 45.6 Å². The molecule has 1 N–H and O–H groups in total. The number of hydrogen-bond donors (Lipinski definition) is 1. The molecule has 0 bridgehead atoms. The van der Waals surface area contributed by atoms with Gasteiger partial charge < -0.3 is 10.0 Å². The lowest BCUT2D eigenvalue weighted by molar-refractivity contribution is -0.127. The minimum Gasteiger partial charge on any atom is -0.396 e. The Labute approximate surface area is 97.1 Å². The molecule has 3 nitrogen and oxygen atoms in total. The van der Waals surface area contributed by atoms with Gasteiger partial charge >= 0.3 is 0 Å². The first-order valence-electron chi connectivity index (χ1n) is 6.15. The molecule has 2 fully saturated rings. The summed E-state index contributed by atoms with van der Waals surface area (Å²) in [6, 6.07) is 0.278. The summed E-state index contributed by atoms with van der Waals surface area (Å²) in [6.45, 7) is 4.94. The second kappa shape index (κ2) is 4.21. The van der Waals surface area contributed by atoms with E-state index in [0.29, 0.717) is 0 Å². The molecule has 16 heavy (non-hydrogen) atoms. The van der Waals surface area contributed by atoms with Gasteiger partial charge in [-0.25, -0.2) is 0 Å². The Kier molecular flexibility index (Phi) is 3.06. The summed E-state index contributed by atoms with van der Waals surface area (Å²) in [5.41, 5.74) is 1.06. The van der Waals surface area contributed by atoms with Gasteiger partial charge in [-0.1, -0.05) is 12.0 Å². The third-order valence-corrected chi connectivity index (χ3v) is 4.10. The Bertz CT molecular complexity index is 320. The first kappa shape index (κ1) is 11.6. The average molecular weight is 223 g/mol. The van der Waals surface area contributed by atoms with Crippen LogP contribution in [-0.4, -0.2) is 35.1 Å². The standard InChI is InChI=1S/C13H21NO2/c1-10(2)8-12(16)14-7-6-13(9-15)5-3-4-11(13)14/h8,11,15H,3-7,9H2,1-2H3/t11-,13-/m1/s1. The lowest BCUT2D eigenvalue weighted by Crippen LogP contribution is -2.40. The first-order chi connectivity index (χ1) is 7.59. The van der Waals surface area contributed by atoms with Crippen LogP contribution >= 0.6 is 0 Å². The maximum Gasteiger partial charge on any atom is 0.246 e. The summed E-state index contributed by atoms with van der Waals surface area (Å²) in [6.07, 6.45) is 5.96. The van der Waals surface area contributed by atoms with Gasteiger partial charge in [0.05, 0.1) is 6.61 Å². The highest BCUT2D eigenvalue weighted by molar-refractivity contribution is 5.88. The number of aliphatic hydroxyl groups excluding tert-OH is 1. The van der Waals surface area contributed by atoms with E-state index in [1.54, 1.807) is 6.08 Å². The summed E-state index contributed by atoms with van der Waals surface area (Å²) < 4.78 is 0. The van der Waals surface area contributed by atoms with Gasteiger partial charge in [-0.3, -0.25) is 4.79 Å². The molecule has 0 aromatic rings. The number of aliphatic hydroxyl groups is 1. The van der Waals surface area contributed by atoms with Crippen molar-refractivity contribution in [1.29, 1.82) is 0 Å². The van der Waals surface area contributed by atoms with Crippen LogP contribution in [0.2, 0.25) is 0 Å². The third-order valence-electron chi connectivity index (χ3n) is 4.10. The first-order valence-corrected chi connectivity index (χ1v) is 6.15. The minimum absolute atomic E-state index is 0.0190. The second-order valence-corrected chi connectivity index (χ2v) is 5.43. The van der Waals surface area contributed by atoms with Crippen LogP contribution < -0.4 is 0 Å². The molecule has 1 saturated carbocycles. The molecule has 2 rings (SSSR count). The SMILES string of the molecule is CC(C)=CC(=O)N1CC[C@@]2(CO)CCC[C@@H]12. The second-order valence-electron chi connectivity index (χ2n) is 5.43. The molecular weight excluding hydrogens is 202 g/mol. The third kappa shape index (κ3) is 1.77. The highest BCUT2D eigenvalue weighted by Crippen LogP contribution is 2.48. The Morgan fingerprint density at radius 3 is 2.88 bits per heavy atom. The zero-order valence-electron chi connectivity index (χ0n) is 10.2. The van der Waals surface area contributed by atoms with Gasteiger partial charge in [0, 0.05) is 24.1 Å². The normalized spacial score (nSPS) is 32.7. The number of carbonyl (C=O) groups is 1. The van der Waals surface area contributed by atoms with Crippen molar-refractivity contribution < 1.29 is 9.90 Å². The predicted octanol–water partition coefficient (Wildman–Crippen LogP) is 1.72. The van der Waals surface area contributed by atoms with E-state index >= 15 is 0 Å². The van der Waals surface area contributed by atoms with E-state index in [4.69, 9.17) is 0 Å². The average Bonchev–Trinajstić information content (AvgIpc) is 2.73. The van der Waals surface area contributed by atoms with Gasteiger partial charge in [-0.05, 0) is 33.1 Å². The lowest BCUT2D eigenvalue weighted by atomic mass is 9.83.